The number of rotatable bonds is 4. The Labute approximate surface area is 155 Å². The van der Waals surface area contributed by atoms with Crippen LogP contribution in [-0.4, -0.2) is 35.2 Å². The van der Waals surface area contributed by atoms with Gasteiger partial charge in [-0.3, -0.25) is 0 Å². The standard InChI is InChI=1S/C20H21F3N2O2/c21-20(22,23)16-8-6-15(7-9-16)14-25(17-4-2-1-3-5-17)18-10-12-24(13-11-18)19(26)27/h1-9,18H,10-14H2,(H,26,27). The number of carbonyl (C=O) groups is 1. The third kappa shape index (κ3) is 4.72. The number of benzene rings is 2. The van der Waals surface area contributed by atoms with E-state index in [1.807, 2.05) is 30.3 Å². The van der Waals surface area contributed by atoms with Crippen molar-refractivity contribution in [2.24, 2.45) is 0 Å². The number of anilines is 1. The van der Waals surface area contributed by atoms with Crippen LogP contribution in [0.2, 0.25) is 0 Å². The van der Waals surface area contributed by atoms with E-state index in [4.69, 9.17) is 5.11 Å². The van der Waals surface area contributed by atoms with Crippen LogP contribution in [0.1, 0.15) is 24.0 Å². The summed E-state index contributed by atoms with van der Waals surface area (Å²) in [4.78, 5) is 14.7. The molecule has 2 aromatic carbocycles. The second-order valence-electron chi connectivity index (χ2n) is 6.66. The van der Waals surface area contributed by atoms with Crippen molar-refractivity contribution in [1.29, 1.82) is 0 Å². The monoisotopic (exact) mass is 378 g/mol. The average molecular weight is 378 g/mol. The Hall–Kier alpha value is -2.70. The van der Waals surface area contributed by atoms with Gasteiger partial charge in [-0.2, -0.15) is 13.2 Å². The highest BCUT2D eigenvalue weighted by Gasteiger charge is 2.30. The number of piperidine rings is 1. The number of hydrogen-bond donors (Lipinski definition) is 1. The van der Waals surface area contributed by atoms with Crippen LogP contribution in [-0.2, 0) is 12.7 Å². The summed E-state index contributed by atoms with van der Waals surface area (Å²) in [5, 5.41) is 9.13. The van der Waals surface area contributed by atoms with Crippen molar-refractivity contribution in [3.05, 3.63) is 65.7 Å². The highest BCUT2D eigenvalue weighted by Crippen LogP contribution is 2.30. The predicted octanol–water partition coefficient (Wildman–Crippen LogP) is 4.85. The number of amides is 1. The lowest BCUT2D eigenvalue weighted by Crippen LogP contribution is -2.46. The second-order valence-corrected chi connectivity index (χ2v) is 6.66. The second kappa shape index (κ2) is 7.90. The first kappa shape index (κ1) is 19.1. The molecule has 2 aromatic rings. The molecule has 1 heterocycles. The molecule has 1 aliphatic rings. The van der Waals surface area contributed by atoms with E-state index in [9.17, 15) is 18.0 Å². The van der Waals surface area contributed by atoms with Gasteiger partial charge in [0, 0.05) is 31.4 Å². The average Bonchev–Trinajstić information content (AvgIpc) is 2.66. The Kier molecular flexibility index (Phi) is 5.58. The number of para-hydroxylation sites is 1. The zero-order chi connectivity index (χ0) is 19.4. The van der Waals surface area contributed by atoms with E-state index >= 15 is 0 Å². The third-order valence-electron chi connectivity index (χ3n) is 4.90. The van der Waals surface area contributed by atoms with Gasteiger partial charge in [0.1, 0.15) is 0 Å². The van der Waals surface area contributed by atoms with Crippen molar-refractivity contribution < 1.29 is 23.1 Å². The Morgan fingerprint density at radius 3 is 2.15 bits per heavy atom. The predicted molar refractivity (Wildman–Crippen MR) is 96.7 cm³/mol. The lowest BCUT2D eigenvalue weighted by atomic mass is 10.0. The summed E-state index contributed by atoms with van der Waals surface area (Å²) in [5.41, 5.74) is 1.10. The van der Waals surface area contributed by atoms with E-state index in [1.165, 1.54) is 17.0 Å². The molecule has 7 heteroatoms. The molecule has 4 nitrogen and oxygen atoms in total. The molecule has 144 valence electrons. The summed E-state index contributed by atoms with van der Waals surface area (Å²) in [7, 11) is 0. The number of alkyl halides is 3. The molecule has 0 atom stereocenters. The van der Waals surface area contributed by atoms with Gasteiger partial charge < -0.3 is 14.9 Å². The maximum Gasteiger partial charge on any atom is 0.416 e. The van der Waals surface area contributed by atoms with Crippen molar-refractivity contribution in [1.82, 2.24) is 4.90 Å². The Morgan fingerprint density at radius 1 is 1.04 bits per heavy atom. The van der Waals surface area contributed by atoms with Gasteiger partial charge >= 0.3 is 12.3 Å². The minimum atomic E-state index is -4.35. The van der Waals surface area contributed by atoms with Gasteiger partial charge in [0.15, 0.2) is 0 Å². The first-order valence-corrected chi connectivity index (χ1v) is 8.80. The lowest BCUT2D eigenvalue weighted by Gasteiger charge is -2.39. The molecule has 3 rings (SSSR count). The third-order valence-corrected chi connectivity index (χ3v) is 4.90. The molecule has 1 fully saturated rings. The number of nitrogens with zero attached hydrogens (tertiary/aromatic N) is 2. The van der Waals surface area contributed by atoms with Gasteiger partial charge in [-0.25, -0.2) is 4.79 Å². The maximum absolute atomic E-state index is 12.8. The van der Waals surface area contributed by atoms with E-state index in [0.29, 0.717) is 32.5 Å². The van der Waals surface area contributed by atoms with E-state index in [1.54, 1.807) is 0 Å². The van der Waals surface area contributed by atoms with E-state index in [0.717, 1.165) is 23.4 Å². The van der Waals surface area contributed by atoms with Gasteiger partial charge in [-0.1, -0.05) is 30.3 Å². The van der Waals surface area contributed by atoms with E-state index in [2.05, 4.69) is 4.90 Å². The zero-order valence-corrected chi connectivity index (χ0v) is 14.7. The van der Waals surface area contributed by atoms with E-state index < -0.39 is 17.8 Å². The summed E-state index contributed by atoms with van der Waals surface area (Å²) in [6.45, 7) is 1.38. The van der Waals surface area contributed by atoms with Crippen LogP contribution in [0.4, 0.5) is 23.7 Å². The van der Waals surface area contributed by atoms with Crippen LogP contribution in [0.15, 0.2) is 54.6 Å². The van der Waals surface area contributed by atoms with E-state index in [-0.39, 0.29) is 6.04 Å². The molecule has 0 aromatic heterocycles. The largest absolute Gasteiger partial charge is 0.465 e. The quantitative estimate of drug-likeness (QED) is 0.827. The number of likely N-dealkylation sites (tertiary alicyclic amines) is 1. The fourth-order valence-electron chi connectivity index (χ4n) is 3.42. The minimum Gasteiger partial charge on any atom is -0.465 e. The van der Waals surface area contributed by atoms with Gasteiger partial charge in [0.05, 0.1) is 5.56 Å². The van der Waals surface area contributed by atoms with Crippen LogP contribution in [0.3, 0.4) is 0 Å². The summed E-state index contributed by atoms with van der Waals surface area (Å²) in [6.07, 6.45) is -3.90. The van der Waals surface area contributed by atoms with Crippen LogP contribution >= 0.6 is 0 Å². The molecule has 0 radical (unpaired) electrons. The summed E-state index contributed by atoms with van der Waals surface area (Å²) in [5.74, 6) is 0. The molecule has 0 saturated carbocycles. The number of hydrogen-bond acceptors (Lipinski definition) is 2. The number of halogens is 3. The Bertz CT molecular complexity index is 755. The number of carboxylic acid groups (broad SMARTS) is 1. The molecule has 1 saturated heterocycles. The molecule has 0 spiro atoms. The highest BCUT2D eigenvalue weighted by molar-refractivity contribution is 5.65. The molecular formula is C20H21F3N2O2. The van der Waals surface area contributed by atoms with Crippen molar-refractivity contribution >= 4 is 11.8 Å². The Morgan fingerprint density at radius 2 is 1.63 bits per heavy atom. The fraction of sp³-hybridized carbons (Fsp3) is 0.350. The first-order valence-electron chi connectivity index (χ1n) is 8.80. The molecular weight excluding hydrogens is 357 g/mol. The van der Waals surface area contributed by atoms with Crippen molar-refractivity contribution in [2.45, 2.75) is 31.6 Å². The topological polar surface area (TPSA) is 43.8 Å². The van der Waals surface area contributed by atoms with Gasteiger partial charge in [-0.15, -0.1) is 0 Å². The summed E-state index contributed by atoms with van der Waals surface area (Å²) < 4.78 is 38.3. The molecule has 1 N–H and O–H groups in total. The van der Waals surface area contributed by atoms with Crippen LogP contribution in [0.5, 0.6) is 0 Å². The molecule has 1 amide bonds. The van der Waals surface area contributed by atoms with Crippen LogP contribution in [0, 0.1) is 0 Å². The van der Waals surface area contributed by atoms with Gasteiger partial charge in [-0.05, 0) is 42.7 Å². The fourth-order valence-corrected chi connectivity index (χ4v) is 3.42. The normalized spacial score (nSPS) is 15.6. The van der Waals surface area contributed by atoms with Crippen molar-refractivity contribution in [2.75, 3.05) is 18.0 Å². The summed E-state index contributed by atoms with van der Waals surface area (Å²) >= 11 is 0. The molecule has 0 bridgehead atoms. The van der Waals surface area contributed by atoms with Gasteiger partial charge in [0.2, 0.25) is 0 Å². The Balaban J connectivity index is 1.78. The van der Waals surface area contributed by atoms with Crippen LogP contribution in [0.25, 0.3) is 0 Å². The van der Waals surface area contributed by atoms with Crippen molar-refractivity contribution in [3.8, 4) is 0 Å². The highest BCUT2D eigenvalue weighted by atomic mass is 19.4. The van der Waals surface area contributed by atoms with Gasteiger partial charge in [0.25, 0.3) is 0 Å². The minimum absolute atomic E-state index is 0.130. The maximum atomic E-state index is 12.8. The molecule has 0 unspecified atom stereocenters. The lowest BCUT2D eigenvalue weighted by molar-refractivity contribution is -0.137. The van der Waals surface area contributed by atoms with Crippen LogP contribution < -0.4 is 4.90 Å². The molecule has 27 heavy (non-hydrogen) atoms. The SMILES string of the molecule is O=C(O)N1CCC(N(Cc2ccc(C(F)(F)F)cc2)c2ccccc2)CC1. The summed E-state index contributed by atoms with van der Waals surface area (Å²) in [6, 6.07) is 15.0. The smallest absolute Gasteiger partial charge is 0.416 e. The zero-order valence-electron chi connectivity index (χ0n) is 14.7. The molecule has 1 aliphatic heterocycles. The first-order chi connectivity index (χ1) is 12.8. The van der Waals surface area contributed by atoms with Crippen molar-refractivity contribution in [3.63, 3.8) is 0 Å². The molecule has 0 aliphatic carbocycles.